The maximum Gasteiger partial charge on any atom is 0.241 e. The predicted octanol–water partition coefficient (Wildman–Crippen LogP) is 0.948. The molecule has 0 saturated carbocycles. The lowest BCUT2D eigenvalue weighted by Gasteiger charge is -2.13. The van der Waals surface area contributed by atoms with Crippen LogP contribution in [0.25, 0.3) is 0 Å². The smallest absolute Gasteiger partial charge is 0.241 e. The van der Waals surface area contributed by atoms with Crippen molar-refractivity contribution in [2.45, 2.75) is 24.8 Å². The van der Waals surface area contributed by atoms with Gasteiger partial charge >= 0.3 is 0 Å². The number of hydrogen-bond acceptors (Lipinski definition) is 3. The van der Waals surface area contributed by atoms with E-state index in [0.717, 1.165) is 0 Å². The average Bonchev–Trinajstić information content (AvgIpc) is 2.17. The first kappa shape index (κ1) is 13.1. The highest BCUT2D eigenvalue weighted by Gasteiger charge is 2.19. The van der Waals surface area contributed by atoms with Crippen LogP contribution in [0, 0.1) is 6.92 Å². The molecule has 0 aliphatic rings. The summed E-state index contributed by atoms with van der Waals surface area (Å²) < 4.78 is 26.3. The van der Waals surface area contributed by atoms with Crippen LogP contribution in [0.4, 0.5) is 0 Å². The quantitative estimate of drug-likeness (QED) is 0.789. The summed E-state index contributed by atoms with van der Waals surface area (Å²) in [5.74, 6) is 0. The lowest BCUT2D eigenvalue weighted by molar-refractivity contribution is 0.578. The van der Waals surface area contributed by atoms with Crippen molar-refractivity contribution in [2.24, 2.45) is 5.73 Å². The fourth-order valence-corrected chi connectivity index (χ4v) is 2.81. The SMILES string of the molecule is Cc1ccccc1S(=O)(=O)NC(C)C(N)=S. The van der Waals surface area contributed by atoms with E-state index in [0.29, 0.717) is 5.56 Å². The molecule has 0 radical (unpaired) electrons. The molecule has 1 unspecified atom stereocenters. The average molecular weight is 258 g/mol. The Balaban J connectivity index is 3.04. The molecule has 3 N–H and O–H groups in total. The maximum absolute atomic E-state index is 11.9. The lowest BCUT2D eigenvalue weighted by Crippen LogP contribution is -2.41. The molecule has 0 aromatic heterocycles. The number of nitrogens with one attached hydrogen (secondary N) is 1. The zero-order valence-corrected chi connectivity index (χ0v) is 10.7. The second-order valence-electron chi connectivity index (χ2n) is 3.51. The number of hydrogen-bond donors (Lipinski definition) is 2. The third kappa shape index (κ3) is 3.01. The zero-order chi connectivity index (χ0) is 12.3. The van der Waals surface area contributed by atoms with E-state index < -0.39 is 16.1 Å². The molecule has 0 heterocycles. The van der Waals surface area contributed by atoms with Crippen molar-refractivity contribution in [2.75, 3.05) is 0 Å². The first-order valence-corrected chi connectivity index (χ1v) is 6.61. The van der Waals surface area contributed by atoms with Crippen molar-refractivity contribution in [3.05, 3.63) is 29.8 Å². The van der Waals surface area contributed by atoms with Gasteiger partial charge in [0.1, 0.15) is 0 Å². The lowest BCUT2D eigenvalue weighted by atomic mass is 10.2. The summed E-state index contributed by atoms with van der Waals surface area (Å²) in [5, 5.41) is 0. The summed E-state index contributed by atoms with van der Waals surface area (Å²) in [4.78, 5) is 0.371. The summed E-state index contributed by atoms with van der Waals surface area (Å²) in [6, 6.07) is 6.18. The van der Waals surface area contributed by atoms with Crippen molar-refractivity contribution in [1.82, 2.24) is 4.72 Å². The maximum atomic E-state index is 11.9. The number of aryl methyl sites for hydroxylation is 1. The number of sulfonamides is 1. The molecule has 16 heavy (non-hydrogen) atoms. The van der Waals surface area contributed by atoms with Crippen LogP contribution in [-0.2, 0) is 10.0 Å². The van der Waals surface area contributed by atoms with Gasteiger partial charge in [-0.15, -0.1) is 0 Å². The van der Waals surface area contributed by atoms with Crippen molar-refractivity contribution in [3.8, 4) is 0 Å². The Hall–Kier alpha value is -0.980. The minimum atomic E-state index is -3.55. The van der Waals surface area contributed by atoms with Gasteiger partial charge in [0.05, 0.1) is 15.9 Å². The Kier molecular flexibility index (Phi) is 4.01. The van der Waals surface area contributed by atoms with Crippen molar-refractivity contribution in [3.63, 3.8) is 0 Å². The number of benzene rings is 1. The topological polar surface area (TPSA) is 72.2 Å². The van der Waals surface area contributed by atoms with E-state index in [1.54, 1.807) is 38.1 Å². The van der Waals surface area contributed by atoms with Crippen molar-refractivity contribution in [1.29, 1.82) is 0 Å². The second-order valence-corrected chi connectivity index (χ2v) is 5.66. The summed E-state index contributed by atoms with van der Waals surface area (Å²) in [7, 11) is -3.55. The molecule has 0 bridgehead atoms. The molecular weight excluding hydrogens is 244 g/mol. The Morgan fingerprint density at radius 2 is 2.00 bits per heavy atom. The number of nitrogens with two attached hydrogens (primary N) is 1. The molecule has 1 atom stereocenters. The molecule has 0 aliphatic carbocycles. The van der Waals surface area contributed by atoms with Gasteiger partial charge in [-0.1, -0.05) is 30.4 Å². The van der Waals surface area contributed by atoms with Crippen molar-refractivity contribution < 1.29 is 8.42 Å². The normalized spacial score (nSPS) is 13.4. The van der Waals surface area contributed by atoms with Gasteiger partial charge in [0.15, 0.2) is 0 Å². The molecule has 0 saturated heterocycles. The molecule has 0 aliphatic heterocycles. The molecule has 0 fully saturated rings. The standard InChI is InChI=1S/C10H14N2O2S2/c1-7-5-3-4-6-9(7)16(13,14)12-8(2)10(11)15/h3-6,8,12H,1-2H3,(H2,11,15). The van der Waals surface area contributed by atoms with Crippen LogP contribution in [0.5, 0.6) is 0 Å². The molecule has 0 amide bonds. The van der Waals surface area contributed by atoms with Gasteiger partial charge < -0.3 is 5.73 Å². The van der Waals surface area contributed by atoms with Crippen LogP contribution in [0.3, 0.4) is 0 Å². The minimum absolute atomic E-state index is 0.122. The van der Waals surface area contributed by atoms with Crippen LogP contribution in [0.1, 0.15) is 12.5 Å². The highest BCUT2D eigenvalue weighted by molar-refractivity contribution is 7.89. The van der Waals surface area contributed by atoms with Gasteiger partial charge in [-0.05, 0) is 25.5 Å². The highest BCUT2D eigenvalue weighted by atomic mass is 32.2. The largest absolute Gasteiger partial charge is 0.392 e. The molecule has 0 spiro atoms. The van der Waals surface area contributed by atoms with Gasteiger partial charge in [-0.25, -0.2) is 13.1 Å². The van der Waals surface area contributed by atoms with Gasteiger partial charge in [-0.2, -0.15) is 0 Å². The van der Waals surface area contributed by atoms with E-state index in [9.17, 15) is 8.42 Å². The fraction of sp³-hybridized carbons (Fsp3) is 0.300. The Morgan fingerprint density at radius 3 is 2.50 bits per heavy atom. The summed E-state index contributed by atoms with van der Waals surface area (Å²) >= 11 is 4.72. The molecular formula is C10H14N2O2S2. The van der Waals surface area contributed by atoms with E-state index in [1.165, 1.54) is 0 Å². The summed E-state index contributed by atoms with van der Waals surface area (Å²) in [6.07, 6.45) is 0. The van der Waals surface area contributed by atoms with Crippen molar-refractivity contribution >= 4 is 27.2 Å². The Labute approximate surface area is 101 Å². The van der Waals surface area contributed by atoms with Gasteiger partial charge in [0.25, 0.3) is 0 Å². The molecule has 4 nitrogen and oxygen atoms in total. The second kappa shape index (κ2) is 4.90. The monoisotopic (exact) mass is 258 g/mol. The fourth-order valence-electron chi connectivity index (χ4n) is 1.21. The van der Waals surface area contributed by atoms with E-state index in [4.69, 9.17) is 18.0 Å². The molecule has 88 valence electrons. The Bertz CT molecular complexity index is 497. The summed E-state index contributed by atoms with van der Waals surface area (Å²) in [5.41, 5.74) is 6.05. The Morgan fingerprint density at radius 1 is 1.44 bits per heavy atom. The van der Waals surface area contributed by atoms with E-state index in [-0.39, 0.29) is 9.88 Å². The van der Waals surface area contributed by atoms with Gasteiger partial charge in [0, 0.05) is 0 Å². The number of thiocarbonyl (C=S) groups is 1. The minimum Gasteiger partial charge on any atom is -0.392 e. The third-order valence-corrected chi connectivity index (χ3v) is 4.20. The van der Waals surface area contributed by atoms with Gasteiger partial charge in [0.2, 0.25) is 10.0 Å². The molecule has 6 heteroatoms. The number of rotatable bonds is 4. The van der Waals surface area contributed by atoms with E-state index in [1.807, 2.05) is 0 Å². The van der Waals surface area contributed by atoms with Gasteiger partial charge in [-0.3, -0.25) is 0 Å². The van der Waals surface area contributed by atoms with Crippen LogP contribution < -0.4 is 10.5 Å². The van der Waals surface area contributed by atoms with E-state index >= 15 is 0 Å². The molecule has 1 rings (SSSR count). The molecule has 1 aromatic carbocycles. The predicted molar refractivity (Wildman–Crippen MR) is 67.7 cm³/mol. The zero-order valence-electron chi connectivity index (χ0n) is 9.10. The highest BCUT2D eigenvalue weighted by Crippen LogP contribution is 2.14. The first-order valence-electron chi connectivity index (χ1n) is 4.72. The van der Waals surface area contributed by atoms with Crippen LogP contribution in [0.15, 0.2) is 29.2 Å². The van der Waals surface area contributed by atoms with E-state index in [2.05, 4.69) is 4.72 Å². The molecule has 1 aromatic rings. The van der Waals surface area contributed by atoms with Crippen LogP contribution in [-0.4, -0.2) is 19.4 Å². The van der Waals surface area contributed by atoms with Crippen LogP contribution >= 0.6 is 12.2 Å². The van der Waals surface area contributed by atoms with Crippen LogP contribution in [0.2, 0.25) is 0 Å². The summed E-state index contributed by atoms with van der Waals surface area (Å²) in [6.45, 7) is 3.35. The first-order chi connectivity index (χ1) is 7.34. The third-order valence-electron chi connectivity index (χ3n) is 2.14.